The van der Waals surface area contributed by atoms with Crippen LogP contribution < -0.4 is 5.43 Å². The number of halogens is 4. The van der Waals surface area contributed by atoms with E-state index in [2.05, 4.69) is 30.7 Å². The lowest BCUT2D eigenvalue weighted by molar-refractivity contribution is -0.141. The van der Waals surface area contributed by atoms with Crippen LogP contribution in [0.4, 0.5) is 23.5 Å². The van der Waals surface area contributed by atoms with Gasteiger partial charge in [-0.15, -0.1) is 0 Å². The summed E-state index contributed by atoms with van der Waals surface area (Å²) in [4.78, 5) is 7.42. The van der Waals surface area contributed by atoms with Gasteiger partial charge in [0, 0.05) is 25.9 Å². The molecule has 3 heterocycles. The van der Waals surface area contributed by atoms with Crippen molar-refractivity contribution in [2.45, 2.75) is 13.1 Å². The van der Waals surface area contributed by atoms with E-state index in [0.29, 0.717) is 11.3 Å². The molecule has 27 heavy (non-hydrogen) atoms. The molecule has 8 nitrogen and oxygen atoms in total. The minimum absolute atomic E-state index is 0.0202. The first kappa shape index (κ1) is 18.5. The fraction of sp³-hybridized carbons (Fsp3) is 0.267. The zero-order valence-corrected chi connectivity index (χ0v) is 14.5. The first-order chi connectivity index (χ1) is 12.6. The zero-order valence-electron chi connectivity index (χ0n) is 14.5. The molecule has 3 rings (SSSR count). The Labute approximate surface area is 150 Å². The molecule has 1 N–H and O–H groups in total. The second kappa shape index (κ2) is 6.78. The highest BCUT2D eigenvalue weighted by atomic mass is 19.4. The van der Waals surface area contributed by atoms with Gasteiger partial charge < -0.3 is 0 Å². The van der Waals surface area contributed by atoms with Crippen molar-refractivity contribution in [3.05, 3.63) is 41.4 Å². The molecule has 0 spiro atoms. The van der Waals surface area contributed by atoms with Crippen LogP contribution in [0.15, 0.2) is 23.6 Å². The van der Waals surface area contributed by atoms with E-state index in [1.807, 2.05) is 0 Å². The summed E-state index contributed by atoms with van der Waals surface area (Å²) in [7, 11) is 3.05. The van der Waals surface area contributed by atoms with Crippen LogP contribution in [0.25, 0.3) is 11.3 Å². The summed E-state index contributed by atoms with van der Waals surface area (Å²) < 4.78 is 55.7. The van der Waals surface area contributed by atoms with Crippen LogP contribution in [0.3, 0.4) is 0 Å². The highest BCUT2D eigenvalue weighted by Gasteiger charge is 2.34. The van der Waals surface area contributed by atoms with Gasteiger partial charge in [0.05, 0.1) is 29.4 Å². The average Bonchev–Trinajstić information content (AvgIpc) is 3.12. The SMILES string of the molecule is Cc1nn(C)c(F)c1/C=N\Nc1nc(-c2cnn(C)c2)cc(C(F)(F)F)n1. The van der Waals surface area contributed by atoms with Crippen LogP contribution >= 0.6 is 0 Å². The van der Waals surface area contributed by atoms with Crippen LogP contribution in [-0.4, -0.2) is 35.7 Å². The highest BCUT2D eigenvalue weighted by Crippen LogP contribution is 2.31. The summed E-state index contributed by atoms with van der Waals surface area (Å²) in [6, 6.07) is 0.816. The number of aryl methyl sites for hydroxylation is 3. The maximum atomic E-state index is 13.8. The van der Waals surface area contributed by atoms with E-state index in [4.69, 9.17) is 0 Å². The van der Waals surface area contributed by atoms with Crippen molar-refractivity contribution in [3.8, 4) is 11.3 Å². The smallest absolute Gasteiger partial charge is 0.275 e. The average molecular weight is 382 g/mol. The van der Waals surface area contributed by atoms with Gasteiger partial charge in [-0.1, -0.05) is 0 Å². The van der Waals surface area contributed by atoms with Gasteiger partial charge in [0.1, 0.15) is 0 Å². The highest BCUT2D eigenvalue weighted by molar-refractivity contribution is 5.81. The summed E-state index contributed by atoms with van der Waals surface area (Å²) in [5.74, 6) is -1.01. The largest absolute Gasteiger partial charge is 0.433 e. The van der Waals surface area contributed by atoms with Crippen molar-refractivity contribution in [1.82, 2.24) is 29.5 Å². The first-order valence-electron chi connectivity index (χ1n) is 7.58. The van der Waals surface area contributed by atoms with Crippen LogP contribution in [0.1, 0.15) is 17.0 Å². The number of rotatable bonds is 4. The standard InChI is InChI=1S/C15H14F4N8/c1-8-10(13(16)27(3)25-8)6-20-24-14-22-11(9-5-21-26(2)7-9)4-12(23-14)15(17,18)19/h4-7H,1-3H3,(H,22,23,24)/b20-6-. The number of nitrogens with one attached hydrogen (secondary N) is 1. The fourth-order valence-corrected chi connectivity index (χ4v) is 2.29. The lowest BCUT2D eigenvalue weighted by Gasteiger charge is -2.09. The monoisotopic (exact) mass is 382 g/mol. The second-order valence-corrected chi connectivity index (χ2v) is 5.65. The molecular weight excluding hydrogens is 368 g/mol. The topological polar surface area (TPSA) is 85.8 Å². The van der Waals surface area contributed by atoms with E-state index in [9.17, 15) is 17.6 Å². The number of hydrogen-bond acceptors (Lipinski definition) is 6. The van der Waals surface area contributed by atoms with Crippen molar-refractivity contribution in [2.75, 3.05) is 5.43 Å². The quantitative estimate of drug-likeness (QED) is 0.426. The molecule has 0 unspecified atom stereocenters. The Hall–Kier alpha value is -3.31. The normalized spacial score (nSPS) is 12.1. The molecule has 142 valence electrons. The molecule has 0 amide bonds. The predicted molar refractivity (Wildman–Crippen MR) is 88.4 cm³/mol. The van der Waals surface area contributed by atoms with E-state index in [1.54, 1.807) is 14.0 Å². The van der Waals surface area contributed by atoms with Gasteiger partial charge in [-0.25, -0.2) is 20.1 Å². The second-order valence-electron chi connectivity index (χ2n) is 5.65. The van der Waals surface area contributed by atoms with E-state index < -0.39 is 17.8 Å². The molecule has 0 aliphatic heterocycles. The molecule has 3 aromatic rings. The molecule has 12 heteroatoms. The Morgan fingerprint density at radius 3 is 2.52 bits per heavy atom. The number of alkyl halides is 3. The molecule has 0 aliphatic rings. The number of hydrazone groups is 1. The Kier molecular flexibility index (Phi) is 4.64. The molecule has 0 fully saturated rings. The molecule has 0 atom stereocenters. The van der Waals surface area contributed by atoms with Gasteiger partial charge >= 0.3 is 6.18 Å². The summed E-state index contributed by atoms with van der Waals surface area (Å²) >= 11 is 0. The summed E-state index contributed by atoms with van der Waals surface area (Å²) in [5.41, 5.74) is 2.04. The van der Waals surface area contributed by atoms with Crippen molar-refractivity contribution in [3.63, 3.8) is 0 Å². The van der Waals surface area contributed by atoms with Gasteiger partial charge in [0.2, 0.25) is 11.9 Å². The fourth-order valence-electron chi connectivity index (χ4n) is 2.29. The third kappa shape index (κ3) is 3.93. The third-order valence-corrected chi connectivity index (χ3v) is 3.57. The van der Waals surface area contributed by atoms with Crippen molar-refractivity contribution in [2.24, 2.45) is 19.2 Å². The molecule has 0 saturated heterocycles. The van der Waals surface area contributed by atoms with Gasteiger partial charge in [-0.2, -0.15) is 32.9 Å². The molecule has 0 bridgehead atoms. The maximum absolute atomic E-state index is 13.8. The van der Waals surface area contributed by atoms with Crippen molar-refractivity contribution >= 4 is 12.2 Å². The number of anilines is 1. The molecular formula is C15H14F4N8. The summed E-state index contributed by atoms with van der Waals surface area (Å²) in [5, 5.41) is 11.5. The minimum atomic E-state index is -4.67. The third-order valence-electron chi connectivity index (χ3n) is 3.57. The molecule has 0 radical (unpaired) electrons. The van der Waals surface area contributed by atoms with Crippen LogP contribution in [0.5, 0.6) is 0 Å². The number of nitrogens with zero attached hydrogens (tertiary/aromatic N) is 7. The van der Waals surface area contributed by atoms with Gasteiger partial charge in [0.15, 0.2) is 5.69 Å². The Balaban J connectivity index is 1.93. The van der Waals surface area contributed by atoms with Crippen molar-refractivity contribution in [1.29, 1.82) is 0 Å². The number of aromatic nitrogens is 6. The Morgan fingerprint density at radius 1 is 1.22 bits per heavy atom. The van der Waals surface area contributed by atoms with Gasteiger partial charge in [-0.3, -0.25) is 4.68 Å². The zero-order chi connectivity index (χ0) is 19.8. The molecule has 0 saturated carbocycles. The van der Waals surface area contributed by atoms with E-state index in [0.717, 1.165) is 17.0 Å². The van der Waals surface area contributed by atoms with Crippen LogP contribution in [0.2, 0.25) is 0 Å². The van der Waals surface area contributed by atoms with E-state index in [-0.39, 0.29) is 17.2 Å². The first-order valence-corrected chi connectivity index (χ1v) is 7.58. The maximum Gasteiger partial charge on any atom is 0.433 e. The van der Waals surface area contributed by atoms with Crippen LogP contribution in [-0.2, 0) is 20.3 Å². The minimum Gasteiger partial charge on any atom is -0.275 e. The Morgan fingerprint density at radius 2 is 1.96 bits per heavy atom. The molecule has 0 aromatic carbocycles. The lowest BCUT2D eigenvalue weighted by atomic mass is 10.2. The Bertz CT molecular complexity index is 1000. The van der Waals surface area contributed by atoms with Gasteiger partial charge in [-0.05, 0) is 13.0 Å². The number of hydrogen-bond donors (Lipinski definition) is 1. The van der Waals surface area contributed by atoms with Crippen LogP contribution in [0, 0.1) is 12.9 Å². The predicted octanol–water partition coefficient (Wildman–Crippen LogP) is 2.52. The molecule has 3 aromatic heterocycles. The summed E-state index contributed by atoms with van der Waals surface area (Å²) in [6.07, 6.45) is -0.676. The van der Waals surface area contributed by atoms with E-state index in [1.165, 1.54) is 24.1 Å². The van der Waals surface area contributed by atoms with E-state index >= 15 is 0 Å². The molecule has 0 aliphatic carbocycles. The lowest BCUT2D eigenvalue weighted by Crippen LogP contribution is -2.11. The van der Waals surface area contributed by atoms with Crippen molar-refractivity contribution < 1.29 is 17.6 Å². The van der Waals surface area contributed by atoms with Gasteiger partial charge in [0.25, 0.3) is 0 Å². The summed E-state index contributed by atoms with van der Waals surface area (Å²) in [6.45, 7) is 1.58.